The molecule has 1 amide bonds. The molecule has 2 heterocycles. The monoisotopic (exact) mass is 371 g/mol. The number of ketones is 1. The molecule has 7 nitrogen and oxygen atoms in total. The van der Waals surface area contributed by atoms with Crippen molar-refractivity contribution in [1.82, 2.24) is 19.7 Å². The Morgan fingerprint density at radius 3 is 2.54 bits per heavy atom. The van der Waals surface area contributed by atoms with Crippen LogP contribution in [0.2, 0.25) is 5.02 Å². The Balaban J connectivity index is 1.70. The van der Waals surface area contributed by atoms with Crippen molar-refractivity contribution in [3.63, 3.8) is 0 Å². The van der Waals surface area contributed by atoms with Crippen molar-refractivity contribution in [2.45, 2.75) is 27.3 Å². The summed E-state index contributed by atoms with van der Waals surface area (Å²) in [4.78, 5) is 31.2. The number of Topliss-reactive ketones (excluding diaryl/α,β-unsaturated/α-hetero) is 1. The molecule has 0 unspecified atom stereocenters. The maximum atomic E-state index is 12.3. The van der Waals surface area contributed by atoms with E-state index in [1.807, 2.05) is 12.1 Å². The number of anilines is 1. The van der Waals surface area contributed by atoms with Crippen LogP contribution in [0.5, 0.6) is 0 Å². The Bertz CT molecular complexity index is 972. The highest BCUT2D eigenvalue weighted by Gasteiger charge is 2.17. The molecule has 2 aromatic heterocycles. The lowest BCUT2D eigenvalue weighted by Gasteiger charge is -2.05. The number of carbonyl (C=O) groups is 2. The summed E-state index contributed by atoms with van der Waals surface area (Å²) in [5.74, 6) is -0.0127. The van der Waals surface area contributed by atoms with Crippen molar-refractivity contribution in [2.75, 3.05) is 5.32 Å². The fourth-order valence-corrected chi connectivity index (χ4v) is 2.95. The van der Waals surface area contributed by atoms with E-state index in [1.165, 1.54) is 11.6 Å². The molecule has 134 valence electrons. The van der Waals surface area contributed by atoms with Crippen LogP contribution in [0, 0.1) is 13.8 Å². The highest BCUT2D eigenvalue weighted by molar-refractivity contribution is 6.30. The molecule has 0 saturated heterocycles. The van der Waals surface area contributed by atoms with Crippen LogP contribution in [0.4, 0.5) is 5.95 Å². The van der Waals surface area contributed by atoms with Crippen molar-refractivity contribution in [3.8, 4) is 11.3 Å². The summed E-state index contributed by atoms with van der Waals surface area (Å²) < 4.78 is 1.52. The van der Waals surface area contributed by atoms with Gasteiger partial charge < -0.3 is 4.98 Å². The molecular formula is C18H18ClN5O2. The van der Waals surface area contributed by atoms with Gasteiger partial charge in [-0.3, -0.25) is 19.6 Å². The van der Waals surface area contributed by atoms with Crippen molar-refractivity contribution in [1.29, 1.82) is 0 Å². The van der Waals surface area contributed by atoms with Gasteiger partial charge in [0, 0.05) is 10.7 Å². The molecule has 1 aromatic carbocycles. The van der Waals surface area contributed by atoms with E-state index < -0.39 is 0 Å². The lowest BCUT2D eigenvalue weighted by molar-refractivity contribution is -0.117. The zero-order valence-corrected chi connectivity index (χ0v) is 15.4. The van der Waals surface area contributed by atoms with Crippen LogP contribution < -0.4 is 5.32 Å². The molecule has 26 heavy (non-hydrogen) atoms. The number of nitrogens with zero attached hydrogens (tertiary/aromatic N) is 3. The number of amides is 1. The molecule has 0 spiro atoms. The molecular weight excluding hydrogens is 354 g/mol. The van der Waals surface area contributed by atoms with E-state index in [4.69, 9.17) is 11.6 Å². The number of H-pyrrole nitrogens is 1. The van der Waals surface area contributed by atoms with E-state index in [0.29, 0.717) is 27.9 Å². The topological polar surface area (TPSA) is 92.7 Å². The summed E-state index contributed by atoms with van der Waals surface area (Å²) in [6, 6.07) is 7.29. The predicted molar refractivity (Wildman–Crippen MR) is 99.4 cm³/mol. The number of rotatable bonds is 5. The maximum absolute atomic E-state index is 12.3. The number of aromatic nitrogens is 4. The summed E-state index contributed by atoms with van der Waals surface area (Å²) >= 11 is 5.88. The third kappa shape index (κ3) is 3.67. The second kappa shape index (κ2) is 7.13. The van der Waals surface area contributed by atoms with E-state index in [9.17, 15) is 9.59 Å². The van der Waals surface area contributed by atoms with Gasteiger partial charge in [0.25, 0.3) is 0 Å². The first-order chi connectivity index (χ1) is 12.3. The van der Waals surface area contributed by atoms with Crippen LogP contribution in [-0.2, 0) is 11.3 Å². The highest BCUT2D eigenvalue weighted by atomic mass is 35.5. The molecule has 0 aliphatic heterocycles. The molecule has 0 bridgehead atoms. The zero-order valence-electron chi connectivity index (χ0n) is 14.6. The second-order valence-corrected chi connectivity index (χ2v) is 6.40. The van der Waals surface area contributed by atoms with Gasteiger partial charge in [0.15, 0.2) is 5.78 Å². The molecule has 0 saturated carbocycles. The van der Waals surface area contributed by atoms with Crippen molar-refractivity contribution in [2.24, 2.45) is 0 Å². The number of nitrogens with one attached hydrogen (secondary N) is 2. The van der Waals surface area contributed by atoms with Gasteiger partial charge in [0.2, 0.25) is 11.9 Å². The first-order valence-electron chi connectivity index (χ1n) is 8.01. The molecule has 3 rings (SSSR count). The van der Waals surface area contributed by atoms with Crippen LogP contribution >= 0.6 is 11.6 Å². The zero-order chi connectivity index (χ0) is 18.8. The van der Waals surface area contributed by atoms with Gasteiger partial charge in [-0.15, -0.1) is 0 Å². The third-order valence-electron chi connectivity index (χ3n) is 4.02. The fourth-order valence-electron chi connectivity index (χ4n) is 2.83. The predicted octanol–water partition coefficient (Wildman–Crippen LogP) is 3.38. The van der Waals surface area contributed by atoms with Crippen LogP contribution in [0.15, 0.2) is 30.5 Å². The van der Waals surface area contributed by atoms with Crippen LogP contribution in [-0.4, -0.2) is 31.4 Å². The second-order valence-electron chi connectivity index (χ2n) is 5.96. The number of benzene rings is 1. The molecule has 2 N–H and O–H groups in total. The average molecular weight is 372 g/mol. The van der Waals surface area contributed by atoms with E-state index in [-0.39, 0.29) is 18.2 Å². The number of hydrogen-bond acceptors (Lipinski definition) is 4. The molecule has 0 atom stereocenters. The van der Waals surface area contributed by atoms with Crippen LogP contribution in [0.1, 0.15) is 28.7 Å². The smallest absolute Gasteiger partial charge is 0.248 e. The van der Waals surface area contributed by atoms with E-state index in [2.05, 4.69) is 20.4 Å². The Morgan fingerprint density at radius 1 is 1.23 bits per heavy atom. The van der Waals surface area contributed by atoms with Crippen molar-refractivity contribution in [3.05, 3.63) is 52.4 Å². The molecule has 3 aromatic rings. The largest absolute Gasteiger partial charge is 0.324 e. The number of carbonyl (C=O) groups excluding carboxylic acids is 2. The van der Waals surface area contributed by atoms with Gasteiger partial charge in [-0.05, 0) is 38.5 Å². The summed E-state index contributed by atoms with van der Waals surface area (Å²) in [5.41, 5.74) is 3.52. The van der Waals surface area contributed by atoms with Gasteiger partial charge in [0.1, 0.15) is 6.54 Å². The summed E-state index contributed by atoms with van der Waals surface area (Å²) in [5, 5.41) is 7.62. The summed E-state index contributed by atoms with van der Waals surface area (Å²) in [7, 11) is 0. The Morgan fingerprint density at radius 2 is 1.92 bits per heavy atom. The third-order valence-corrected chi connectivity index (χ3v) is 4.27. The SMILES string of the molecule is CC(=O)c1c(C)nn(CC(=O)Nc2ncc(-c3ccc(Cl)cc3)[nH]2)c1C. The molecule has 0 radical (unpaired) electrons. The first kappa shape index (κ1) is 17.9. The van der Waals surface area contributed by atoms with Crippen LogP contribution in [0.25, 0.3) is 11.3 Å². The van der Waals surface area contributed by atoms with E-state index in [0.717, 1.165) is 11.3 Å². The minimum atomic E-state index is -0.289. The standard InChI is InChI=1S/C18H18ClN5O2/c1-10-17(12(3)25)11(2)24(23-10)9-16(26)22-18-20-8-15(21-18)13-4-6-14(19)7-5-13/h4-8H,9H2,1-3H3,(H2,20,21,22,26). The molecule has 0 fully saturated rings. The average Bonchev–Trinajstić information content (AvgIpc) is 3.13. The number of hydrogen-bond donors (Lipinski definition) is 2. The molecule has 0 aliphatic rings. The lowest BCUT2D eigenvalue weighted by atomic mass is 10.1. The van der Waals surface area contributed by atoms with Gasteiger partial charge in [-0.2, -0.15) is 5.10 Å². The van der Waals surface area contributed by atoms with Crippen molar-refractivity contribution < 1.29 is 9.59 Å². The van der Waals surface area contributed by atoms with Gasteiger partial charge in [-0.1, -0.05) is 23.7 Å². The Hall–Kier alpha value is -2.93. The Kier molecular flexibility index (Phi) is 4.90. The van der Waals surface area contributed by atoms with Crippen LogP contribution in [0.3, 0.4) is 0 Å². The minimum absolute atomic E-state index is 0.00304. The summed E-state index contributed by atoms with van der Waals surface area (Å²) in [6.07, 6.45) is 1.63. The van der Waals surface area contributed by atoms with E-state index >= 15 is 0 Å². The normalized spacial score (nSPS) is 10.8. The highest BCUT2D eigenvalue weighted by Crippen LogP contribution is 2.21. The maximum Gasteiger partial charge on any atom is 0.248 e. The fraction of sp³-hybridized carbons (Fsp3) is 0.222. The Labute approximate surface area is 155 Å². The number of aromatic amines is 1. The minimum Gasteiger partial charge on any atom is -0.324 e. The quantitative estimate of drug-likeness (QED) is 0.672. The first-order valence-corrected chi connectivity index (χ1v) is 8.38. The number of aryl methyl sites for hydroxylation is 1. The number of imidazole rings is 1. The van der Waals surface area contributed by atoms with Gasteiger partial charge >= 0.3 is 0 Å². The molecule has 0 aliphatic carbocycles. The van der Waals surface area contributed by atoms with Crippen molar-refractivity contribution >= 4 is 29.2 Å². The molecule has 8 heteroatoms. The van der Waals surface area contributed by atoms with Gasteiger partial charge in [-0.25, -0.2) is 4.98 Å². The summed E-state index contributed by atoms with van der Waals surface area (Å²) in [6.45, 7) is 5.01. The number of halogens is 1. The van der Waals surface area contributed by atoms with Gasteiger partial charge in [0.05, 0.1) is 23.1 Å². The van der Waals surface area contributed by atoms with E-state index in [1.54, 1.807) is 32.2 Å². The lowest BCUT2D eigenvalue weighted by Crippen LogP contribution is -2.21.